The summed E-state index contributed by atoms with van der Waals surface area (Å²) in [5.41, 5.74) is 5.52. The van der Waals surface area contributed by atoms with E-state index in [0.29, 0.717) is 0 Å². The number of nitrogens with one attached hydrogen (secondary N) is 1. The van der Waals surface area contributed by atoms with Crippen LogP contribution in [0, 0.1) is 0 Å². The third-order valence-corrected chi connectivity index (χ3v) is 2.44. The number of aromatic nitrogens is 4. The van der Waals surface area contributed by atoms with Gasteiger partial charge in [-0.15, -0.1) is 11.6 Å². The fourth-order valence-electron chi connectivity index (χ4n) is 1.42. The summed E-state index contributed by atoms with van der Waals surface area (Å²) >= 11 is 5.48. The van der Waals surface area contributed by atoms with E-state index in [-0.39, 0.29) is 35.1 Å². The molecule has 0 aliphatic carbocycles. The van der Waals surface area contributed by atoms with Crippen molar-refractivity contribution in [2.45, 2.75) is 12.6 Å². The van der Waals surface area contributed by atoms with Crippen LogP contribution >= 0.6 is 11.6 Å². The first-order valence-electron chi connectivity index (χ1n) is 4.56. The molecule has 2 aromatic heterocycles. The summed E-state index contributed by atoms with van der Waals surface area (Å²) in [4.78, 5) is 21.8. The molecular weight excluding hydrogens is 234 g/mol. The topological polar surface area (TPSA) is 110 Å². The lowest BCUT2D eigenvalue weighted by Gasteiger charge is -2.07. The van der Waals surface area contributed by atoms with Gasteiger partial charge >= 0.3 is 0 Å². The highest BCUT2D eigenvalue weighted by Gasteiger charge is 2.11. The predicted molar refractivity (Wildman–Crippen MR) is 59.3 cm³/mol. The fraction of sp³-hybridized carbons (Fsp3) is 0.375. The number of fused-ring (bicyclic) bond motifs is 1. The van der Waals surface area contributed by atoms with Crippen molar-refractivity contribution >= 4 is 28.7 Å². The van der Waals surface area contributed by atoms with Crippen molar-refractivity contribution < 1.29 is 5.11 Å². The molecule has 8 heteroatoms. The van der Waals surface area contributed by atoms with E-state index in [9.17, 15) is 9.90 Å². The second-order valence-electron chi connectivity index (χ2n) is 3.33. The van der Waals surface area contributed by atoms with E-state index in [1.165, 1.54) is 10.9 Å². The highest BCUT2D eigenvalue weighted by atomic mass is 35.5. The Bertz CT molecular complexity index is 563. The van der Waals surface area contributed by atoms with E-state index in [1.54, 1.807) is 0 Å². The minimum Gasteiger partial charge on any atom is -0.390 e. The van der Waals surface area contributed by atoms with E-state index in [0.717, 1.165) is 0 Å². The molecule has 0 spiro atoms. The maximum absolute atomic E-state index is 11.6. The van der Waals surface area contributed by atoms with Crippen molar-refractivity contribution in [2.75, 3.05) is 11.6 Å². The molecule has 0 amide bonds. The van der Waals surface area contributed by atoms with Gasteiger partial charge in [0.2, 0.25) is 5.95 Å². The second kappa shape index (κ2) is 4.11. The summed E-state index contributed by atoms with van der Waals surface area (Å²) in [7, 11) is 0. The first kappa shape index (κ1) is 10.9. The number of halogens is 1. The van der Waals surface area contributed by atoms with Gasteiger partial charge in [-0.2, -0.15) is 4.98 Å². The van der Waals surface area contributed by atoms with Crippen molar-refractivity contribution in [1.29, 1.82) is 0 Å². The van der Waals surface area contributed by atoms with E-state index in [4.69, 9.17) is 17.3 Å². The normalized spacial score (nSPS) is 13.1. The molecule has 7 nitrogen and oxygen atoms in total. The van der Waals surface area contributed by atoms with Crippen LogP contribution in [0.5, 0.6) is 0 Å². The van der Waals surface area contributed by atoms with Gasteiger partial charge in [0.15, 0.2) is 11.2 Å². The van der Waals surface area contributed by atoms with Crippen LogP contribution in [0.15, 0.2) is 11.1 Å². The monoisotopic (exact) mass is 243 g/mol. The second-order valence-corrected chi connectivity index (χ2v) is 3.64. The van der Waals surface area contributed by atoms with Crippen LogP contribution in [-0.4, -0.2) is 36.6 Å². The fourth-order valence-corrected chi connectivity index (χ4v) is 1.51. The molecule has 1 atom stereocenters. The van der Waals surface area contributed by atoms with Crippen LogP contribution in [0.2, 0.25) is 0 Å². The number of aliphatic hydroxyl groups excluding tert-OH is 1. The van der Waals surface area contributed by atoms with Gasteiger partial charge in [-0.05, 0) is 0 Å². The van der Waals surface area contributed by atoms with Crippen molar-refractivity contribution in [3.63, 3.8) is 0 Å². The van der Waals surface area contributed by atoms with E-state index >= 15 is 0 Å². The molecule has 0 radical (unpaired) electrons. The Kier molecular flexibility index (Phi) is 2.80. The van der Waals surface area contributed by atoms with Gasteiger partial charge in [-0.1, -0.05) is 0 Å². The molecule has 0 saturated carbocycles. The number of rotatable bonds is 3. The summed E-state index contributed by atoms with van der Waals surface area (Å²) in [5.74, 6) is 0.0978. The van der Waals surface area contributed by atoms with Crippen molar-refractivity contribution in [1.82, 2.24) is 19.5 Å². The predicted octanol–water partition coefficient (Wildman–Crippen LogP) is -0.699. The molecule has 0 aromatic carbocycles. The molecule has 2 rings (SSSR count). The summed E-state index contributed by atoms with van der Waals surface area (Å²) in [6.07, 6.45) is 0.679. The zero-order valence-corrected chi connectivity index (χ0v) is 8.98. The third-order valence-electron chi connectivity index (χ3n) is 2.09. The van der Waals surface area contributed by atoms with E-state index in [2.05, 4.69) is 15.0 Å². The highest BCUT2D eigenvalue weighted by Crippen LogP contribution is 2.07. The minimum atomic E-state index is -0.740. The Balaban J connectivity index is 2.52. The number of alkyl halides is 1. The SMILES string of the molecule is Nc1nc2ncn(CC(O)CCl)c2c(=O)[nH]1. The summed E-state index contributed by atoms with van der Waals surface area (Å²) < 4.78 is 1.49. The average Bonchev–Trinajstić information content (AvgIpc) is 2.61. The lowest BCUT2D eigenvalue weighted by atomic mass is 10.4. The molecule has 2 aromatic rings. The molecule has 86 valence electrons. The van der Waals surface area contributed by atoms with Gasteiger partial charge in [0.05, 0.1) is 24.9 Å². The molecule has 0 saturated heterocycles. The Labute approximate surface area is 94.9 Å². The molecule has 4 N–H and O–H groups in total. The highest BCUT2D eigenvalue weighted by molar-refractivity contribution is 6.18. The van der Waals surface area contributed by atoms with Gasteiger partial charge in [-0.3, -0.25) is 9.78 Å². The number of anilines is 1. The summed E-state index contributed by atoms with van der Waals surface area (Å²) in [6, 6.07) is 0. The number of nitrogens with zero attached hydrogens (tertiary/aromatic N) is 3. The molecular formula is C8H10ClN5O2. The standard InChI is InChI=1S/C8H10ClN5O2/c9-1-4(15)2-14-3-11-6-5(14)7(16)13-8(10)12-6/h3-4,15H,1-2H2,(H3,10,12,13,16). The van der Waals surface area contributed by atoms with Gasteiger partial charge in [-0.25, -0.2) is 4.98 Å². The van der Waals surface area contributed by atoms with Crippen LogP contribution in [0.25, 0.3) is 11.2 Å². The minimum absolute atomic E-state index is 0.0145. The zero-order valence-electron chi connectivity index (χ0n) is 8.22. The largest absolute Gasteiger partial charge is 0.390 e. The number of hydrogen-bond donors (Lipinski definition) is 3. The van der Waals surface area contributed by atoms with Gasteiger partial charge in [0, 0.05) is 0 Å². The maximum Gasteiger partial charge on any atom is 0.278 e. The van der Waals surface area contributed by atoms with E-state index < -0.39 is 6.10 Å². The van der Waals surface area contributed by atoms with E-state index in [1.807, 2.05) is 0 Å². The maximum atomic E-state index is 11.6. The smallest absolute Gasteiger partial charge is 0.278 e. The lowest BCUT2D eigenvalue weighted by molar-refractivity contribution is 0.178. The Hall–Kier alpha value is -1.60. The van der Waals surface area contributed by atoms with Crippen LogP contribution in [0.3, 0.4) is 0 Å². The molecule has 0 aliphatic heterocycles. The number of imidazole rings is 1. The number of aliphatic hydroxyl groups is 1. The lowest BCUT2D eigenvalue weighted by Crippen LogP contribution is -2.20. The van der Waals surface area contributed by atoms with Crippen LogP contribution in [-0.2, 0) is 6.54 Å². The molecule has 2 heterocycles. The third kappa shape index (κ3) is 1.86. The number of nitrogen functional groups attached to an aromatic ring is 1. The quantitative estimate of drug-likeness (QED) is 0.618. The molecule has 0 bridgehead atoms. The van der Waals surface area contributed by atoms with Crippen LogP contribution in [0.4, 0.5) is 5.95 Å². The average molecular weight is 244 g/mol. The van der Waals surface area contributed by atoms with Crippen LogP contribution < -0.4 is 11.3 Å². The van der Waals surface area contributed by atoms with Crippen LogP contribution in [0.1, 0.15) is 0 Å². The van der Waals surface area contributed by atoms with Gasteiger partial charge < -0.3 is 15.4 Å². The Morgan fingerprint density at radius 3 is 3.12 bits per heavy atom. The van der Waals surface area contributed by atoms with Crippen molar-refractivity contribution in [3.8, 4) is 0 Å². The molecule has 0 fully saturated rings. The first-order chi connectivity index (χ1) is 7.61. The summed E-state index contributed by atoms with van der Waals surface area (Å²) in [6.45, 7) is 0.189. The van der Waals surface area contributed by atoms with Crippen molar-refractivity contribution in [2.24, 2.45) is 0 Å². The Morgan fingerprint density at radius 1 is 1.69 bits per heavy atom. The zero-order chi connectivity index (χ0) is 11.7. The number of hydrogen-bond acceptors (Lipinski definition) is 5. The Morgan fingerprint density at radius 2 is 2.44 bits per heavy atom. The number of H-pyrrole nitrogens is 1. The first-order valence-corrected chi connectivity index (χ1v) is 5.10. The molecule has 16 heavy (non-hydrogen) atoms. The number of aromatic amines is 1. The van der Waals surface area contributed by atoms with Gasteiger partial charge in [0.1, 0.15) is 0 Å². The molecule has 0 aliphatic rings. The number of nitrogens with two attached hydrogens (primary N) is 1. The summed E-state index contributed by atoms with van der Waals surface area (Å²) in [5, 5.41) is 9.40. The van der Waals surface area contributed by atoms with Crippen molar-refractivity contribution in [3.05, 3.63) is 16.7 Å². The van der Waals surface area contributed by atoms with Gasteiger partial charge in [0.25, 0.3) is 5.56 Å². The molecule has 1 unspecified atom stereocenters.